The number of nitrogens with two attached hydrogens (primary N) is 1. The maximum Gasteiger partial charge on any atom is 0.288 e. The predicted octanol–water partition coefficient (Wildman–Crippen LogP) is 3.00. The van der Waals surface area contributed by atoms with Gasteiger partial charge in [0, 0.05) is 35.8 Å². The van der Waals surface area contributed by atoms with E-state index in [0.717, 1.165) is 22.9 Å². The Morgan fingerprint density at radius 1 is 1.13 bits per heavy atom. The van der Waals surface area contributed by atoms with Crippen molar-refractivity contribution in [3.8, 4) is 22.4 Å². The first-order valence-electron chi connectivity index (χ1n) is 6.83. The van der Waals surface area contributed by atoms with E-state index in [2.05, 4.69) is 15.0 Å². The lowest BCUT2D eigenvalue weighted by molar-refractivity contribution is -0.385. The maximum absolute atomic E-state index is 11.0. The molecule has 2 N–H and O–H groups in total. The summed E-state index contributed by atoms with van der Waals surface area (Å²) in [6.07, 6.45) is 6.24. The smallest absolute Gasteiger partial charge is 0.288 e. The van der Waals surface area contributed by atoms with Gasteiger partial charge in [-0.3, -0.25) is 20.1 Å². The number of nitrogens with zero attached hydrogens (tertiary/aromatic N) is 4. The van der Waals surface area contributed by atoms with Crippen molar-refractivity contribution in [3.63, 3.8) is 0 Å². The first kappa shape index (κ1) is 14.6. The molecule has 0 fully saturated rings. The highest BCUT2D eigenvalue weighted by Crippen LogP contribution is 2.32. The molecule has 0 saturated heterocycles. The predicted molar refractivity (Wildman–Crippen MR) is 86.5 cm³/mol. The van der Waals surface area contributed by atoms with Crippen molar-refractivity contribution in [1.29, 1.82) is 0 Å². The topological polar surface area (TPSA) is 108 Å². The summed E-state index contributed by atoms with van der Waals surface area (Å²) >= 11 is 0. The second kappa shape index (κ2) is 5.80. The third-order valence-corrected chi connectivity index (χ3v) is 3.47. The Hall–Kier alpha value is -3.35. The molecule has 7 nitrogen and oxygen atoms in total. The number of aromatic nitrogens is 3. The number of hydrogen-bond donors (Lipinski definition) is 1. The SMILES string of the molecule is Cc1cnc(-c2cccnc2)cc1-c1cc([N+](=O)[O-])cnc1N. The summed E-state index contributed by atoms with van der Waals surface area (Å²) in [7, 11) is 0. The van der Waals surface area contributed by atoms with Crippen LogP contribution in [0.4, 0.5) is 11.5 Å². The van der Waals surface area contributed by atoms with Gasteiger partial charge in [0.25, 0.3) is 5.69 Å². The lowest BCUT2D eigenvalue weighted by Gasteiger charge is -2.10. The first-order chi connectivity index (χ1) is 11.1. The van der Waals surface area contributed by atoms with Gasteiger partial charge in [0.2, 0.25) is 0 Å². The zero-order chi connectivity index (χ0) is 16.4. The van der Waals surface area contributed by atoms with E-state index in [4.69, 9.17) is 5.73 Å². The van der Waals surface area contributed by atoms with Crippen LogP contribution in [0.3, 0.4) is 0 Å². The van der Waals surface area contributed by atoms with E-state index in [1.807, 2.05) is 25.1 Å². The van der Waals surface area contributed by atoms with Gasteiger partial charge in [-0.2, -0.15) is 0 Å². The summed E-state index contributed by atoms with van der Waals surface area (Å²) in [6, 6.07) is 6.98. The molecule has 0 aromatic carbocycles. The molecular formula is C16H13N5O2. The maximum atomic E-state index is 11.0. The molecule has 7 heteroatoms. The molecule has 23 heavy (non-hydrogen) atoms. The Bertz CT molecular complexity index is 881. The minimum atomic E-state index is -0.492. The highest BCUT2D eigenvalue weighted by molar-refractivity contribution is 5.80. The molecule has 3 aromatic heterocycles. The lowest BCUT2D eigenvalue weighted by atomic mass is 10.0. The van der Waals surface area contributed by atoms with E-state index < -0.39 is 4.92 Å². The summed E-state index contributed by atoms with van der Waals surface area (Å²) in [6.45, 7) is 1.87. The number of rotatable bonds is 3. The van der Waals surface area contributed by atoms with Gasteiger partial charge in [0.1, 0.15) is 12.0 Å². The molecule has 0 aliphatic carbocycles. The summed E-state index contributed by atoms with van der Waals surface area (Å²) in [5.41, 5.74) is 9.50. The number of anilines is 1. The van der Waals surface area contributed by atoms with E-state index >= 15 is 0 Å². The molecule has 3 heterocycles. The number of hydrogen-bond acceptors (Lipinski definition) is 6. The molecule has 114 valence electrons. The summed E-state index contributed by atoms with van der Waals surface area (Å²) in [5.74, 6) is 0.238. The highest BCUT2D eigenvalue weighted by atomic mass is 16.6. The molecule has 0 spiro atoms. The van der Waals surface area contributed by atoms with Gasteiger partial charge in [-0.25, -0.2) is 4.98 Å². The molecular weight excluding hydrogens is 294 g/mol. The number of aryl methyl sites for hydroxylation is 1. The Morgan fingerprint density at radius 2 is 1.96 bits per heavy atom. The normalized spacial score (nSPS) is 10.5. The third kappa shape index (κ3) is 2.84. The Morgan fingerprint density at radius 3 is 2.65 bits per heavy atom. The molecule has 0 aliphatic rings. The summed E-state index contributed by atoms with van der Waals surface area (Å²) < 4.78 is 0. The Balaban J connectivity index is 2.17. The van der Waals surface area contributed by atoms with Crippen LogP contribution in [0.5, 0.6) is 0 Å². The quantitative estimate of drug-likeness (QED) is 0.588. The van der Waals surface area contributed by atoms with Crippen LogP contribution in [0.2, 0.25) is 0 Å². The Kier molecular flexibility index (Phi) is 3.68. The van der Waals surface area contributed by atoms with Crippen molar-refractivity contribution >= 4 is 11.5 Å². The zero-order valence-corrected chi connectivity index (χ0v) is 12.3. The van der Waals surface area contributed by atoms with E-state index in [1.54, 1.807) is 18.6 Å². The lowest BCUT2D eigenvalue weighted by Crippen LogP contribution is -1.99. The van der Waals surface area contributed by atoms with E-state index in [-0.39, 0.29) is 11.5 Å². The minimum Gasteiger partial charge on any atom is -0.383 e. The van der Waals surface area contributed by atoms with Crippen LogP contribution in [-0.4, -0.2) is 19.9 Å². The highest BCUT2D eigenvalue weighted by Gasteiger charge is 2.15. The average molecular weight is 307 g/mol. The van der Waals surface area contributed by atoms with Crippen LogP contribution in [0.1, 0.15) is 5.56 Å². The zero-order valence-electron chi connectivity index (χ0n) is 12.3. The fourth-order valence-electron chi connectivity index (χ4n) is 2.27. The van der Waals surface area contributed by atoms with Crippen molar-refractivity contribution in [3.05, 3.63) is 64.7 Å². The monoisotopic (exact) mass is 307 g/mol. The Labute approximate surface area is 132 Å². The number of nitrogen functional groups attached to an aromatic ring is 1. The van der Waals surface area contributed by atoms with Gasteiger partial charge < -0.3 is 5.73 Å². The fourth-order valence-corrected chi connectivity index (χ4v) is 2.27. The molecule has 3 aromatic rings. The molecule has 0 bridgehead atoms. The van der Waals surface area contributed by atoms with Crippen LogP contribution in [0, 0.1) is 17.0 Å². The molecule has 0 saturated carbocycles. The molecule has 0 unspecified atom stereocenters. The minimum absolute atomic E-state index is 0.103. The van der Waals surface area contributed by atoms with E-state index in [9.17, 15) is 10.1 Å². The largest absolute Gasteiger partial charge is 0.383 e. The van der Waals surface area contributed by atoms with Gasteiger partial charge in [-0.15, -0.1) is 0 Å². The van der Waals surface area contributed by atoms with Crippen LogP contribution >= 0.6 is 0 Å². The fraction of sp³-hybridized carbons (Fsp3) is 0.0625. The molecule has 0 aliphatic heterocycles. The number of pyridine rings is 3. The van der Waals surface area contributed by atoms with Crippen molar-refractivity contribution in [2.75, 3.05) is 5.73 Å². The molecule has 0 radical (unpaired) electrons. The van der Waals surface area contributed by atoms with Crippen molar-refractivity contribution < 1.29 is 4.92 Å². The van der Waals surface area contributed by atoms with E-state index in [0.29, 0.717) is 11.3 Å². The van der Waals surface area contributed by atoms with Gasteiger partial charge in [-0.05, 0) is 36.2 Å². The second-order valence-corrected chi connectivity index (χ2v) is 5.01. The summed E-state index contributed by atoms with van der Waals surface area (Å²) in [4.78, 5) is 22.9. The van der Waals surface area contributed by atoms with Crippen molar-refractivity contribution in [1.82, 2.24) is 15.0 Å². The molecule has 3 rings (SSSR count). The van der Waals surface area contributed by atoms with Gasteiger partial charge >= 0.3 is 0 Å². The molecule has 0 atom stereocenters. The second-order valence-electron chi connectivity index (χ2n) is 5.01. The van der Waals surface area contributed by atoms with Gasteiger partial charge in [0.05, 0.1) is 10.6 Å². The first-order valence-corrected chi connectivity index (χ1v) is 6.83. The van der Waals surface area contributed by atoms with Crippen LogP contribution in [0.15, 0.2) is 49.1 Å². The standard InChI is InChI=1S/C16H13N5O2/c1-10-7-19-15(11-3-2-4-18-8-11)6-13(10)14-5-12(21(22)23)9-20-16(14)17/h2-9H,1H3,(H2,17,20). The van der Waals surface area contributed by atoms with Gasteiger partial charge in [-0.1, -0.05) is 0 Å². The van der Waals surface area contributed by atoms with Crippen molar-refractivity contribution in [2.45, 2.75) is 6.92 Å². The van der Waals surface area contributed by atoms with Crippen LogP contribution in [-0.2, 0) is 0 Å². The van der Waals surface area contributed by atoms with Crippen molar-refractivity contribution in [2.24, 2.45) is 0 Å². The number of nitro groups is 1. The third-order valence-electron chi connectivity index (χ3n) is 3.47. The average Bonchev–Trinajstić information content (AvgIpc) is 2.56. The summed E-state index contributed by atoms with van der Waals surface area (Å²) in [5, 5.41) is 11.0. The van der Waals surface area contributed by atoms with Crippen LogP contribution < -0.4 is 5.73 Å². The van der Waals surface area contributed by atoms with Gasteiger partial charge in [0.15, 0.2) is 0 Å². The molecule has 0 amide bonds. The van der Waals surface area contributed by atoms with Crippen LogP contribution in [0.25, 0.3) is 22.4 Å². The van der Waals surface area contributed by atoms with E-state index in [1.165, 1.54) is 6.07 Å².